The molecule has 5 heteroatoms. The summed E-state index contributed by atoms with van der Waals surface area (Å²) in [6.45, 7) is 1.99. The van der Waals surface area contributed by atoms with Gasteiger partial charge in [0.25, 0.3) is 5.91 Å². The molecule has 0 aromatic carbocycles. The van der Waals surface area contributed by atoms with Crippen LogP contribution in [0.5, 0.6) is 0 Å². The highest BCUT2D eigenvalue weighted by Crippen LogP contribution is 2.23. The van der Waals surface area contributed by atoms with Crippen molar-refractivity contribution >= 4 is 5.91 Å². The Kier molecular flexibility index (Phi) is 3.01. The number of carbonyl (C=O) groups excluding carboxylic acids is 1. The van der Waals surface area contributed by atoms with Gasteiger partial charge in [-0.3, -0.25) is 9.89 Å². The molecule has 1 amide bonds. The fraction of sp³-hybridized carbons (Fsp3) is 0.600. The quantitative estimate of drug-likeness (QED) is 0.652. The van der Waals surface area contributed by atoms with Gasteiger partial charge < -0.3 is 10.6 Å². The Balaban J connectivity index is 2.19. The maximum Gasteiger partial charge on any atom is 0.254 e. The molecule has 5 nitrogen and oxygen atoms in total. The van der Waals surface area contributed by atoms with Crippen molar-refractivity contribution in [2.45, 2.75) is 18.8 Å². The minimum atomic E-state index is -0.0654. The first-order chi connectivity index (χ1) is 7.33. The van der Waals surface area contributed by atoms with Gasteiger partial charge in [-0.25, -0.2) is 0 Å². The van der Waals surface area contributed by atoms with Crippen molar-refractivity contribution < 1.29 is 4.79 Å². The monoisotopic (exact) mass is 208 g/mol. The molecule has 1 aliphatic heterocycles. The van der Waals surface area contributed by atoms with Crippen molar-refractivity contribution in [3.8, 4) is 0 Å². The van der Waals surface area contributed by atoms with Gasteiger partial charge in [-0.2, -0.15) is 5.10 Å². The molecule has 1 atom stereocenters. The second-order valence-electron chi connectivity index (χ2n) is 3.82. The predicted octanol–water partition coefficient (Wildman–Crippen LogP) is 0.236. The van der Waals surface area contributed by atoms with E-state index in [1.807, 2.05) is 0 Å². The molecule has 2 heterocycles. The van der Waals surface area contributed by atoms with Gasteiger partial charge in [0.2, 0.25) is 0 Å². The van der Waals surface area contributed by atoms with Crippen LogP contribution < -0.4 is 10.6 Å². The molecule has 1 aliphatic rings. The second kappa shape index (κ2) is 4.44. The first kappa shape index (κ1) is 10.2. The van der Waals surface area contributed by atoms with Gasteiger partial charge in [-0.1, -0.05) is 0 Å². The van der Waals surface area contributed by atoms with Gasteiger partial charge in [0.1, 0.15) is 0 Å². The highest BCUT2D eigenvalue weighted by molar-refractivity contribution is 5.95. The van der Waals surface area contributed by atoms with Crippen LogP contribution in [0.3, 0.4) is 0 Å². The van der Waals surface area contributed by atoms with Gasteiger partial charge in [0.05, 0.1) is 17.5 Å². The number of hydrogen-bond acceptors (Lipinski definition) is 3. The van der Waals surface area contributed by atoms with Crippen molar-refractivity contribution in [3.05, 3.63) is 17.5 Å². The number of aromatic nitrogens is 2. The van der Waals surface area contributed by atoms with E-state index in [9.17, 15) is 4.79 Å². The lowest BCUT2D eigenvalue weighted by Gasteiger charge is -2.22. The lowest BCUT2D eigenvalue weighted by molar-refractivity contribution is 0.0961. The Labute approximate surface area is 88.6 Å². The SMILES string of the molecule is CNC(=O)c1cn[nH]c1C1CCCNC1. The summed E-state index contributed by atoms with van der Waals surface area (Å²) in [5, 5.41) is 12.8. The van der Waals surface area contributed by atoms with Crippen LogP contribution in [0.15, 0.2) is 6.20 Å². The number of carbonyl (C=O) groups is 1. The summed E-state index contributed by atoms with van der Waals surface area (Å²) in [4.78, 5) is 11.5. The van der Waals surface area contributed by atoms with Crippen molar-refractivity contribution in [2.24, 2.45) is 0 Å². The van der Waals surface area contributed by atoms with Crippen molar-refractivity contribution in [1.82, 2.24) is 20.8 Å². The molecule has 1 saturated heterocycles. The molecule has 0 aliphatic carbocycles. The van der Waals surface area contributed by atoms with E-state index in [4.69, 9.17) is 0 Å². The summed E-state index contributed by atoms with van der Waals surface area (Å²) in [7, 11) is 1.64. The van der Waals surface area contributed by atoms with Gasteiger partial charge in [0, 0.05) is 19.5 Å². The van der Waals surface area contributed by atoms with E-state index in [1.54, 1.807) is 13.2 Å². The largest absolute Gasteiger partial charge is 0.355 e. The molecular formula is C10H16N4O. The first-order valence-electron chi connectivity index (χ1n) is 5.29. The standard InChI is InChI=1S/C10H16N4O/c1-11-10(15)8-6-13-14-9(8)7-3-2-4-12-5-7/h6-7,12H,2-5H2,1H3,(H,11,15)(H,13,14). The fourth-order valence-corrected chi connectivity index (χ4v) is 2.02. The van der Waals surface area contributed by atoms with Crippen molar-refractivity contribution in [1.29, 1.82) is 0 Å². The summed E-state index contributed by atoms with van der Waals surface area (Å²) in [6.07, 6.45) is 3.86. The van der Waals surface area contributed by atoms with Crippen LogP contribution in [-0.4, -0.2) is 36.2 Å². The zero-order valence-electron chi connectivity index (χ0n) is 8.84. The number of nitrogens with one attached hydrogen (secondary N) is 3. The number of piperidine rings is 1. The molecule has 15 heavy (non-hydrogen) atoms. The van der Waals surface area contributed by atoms with Crippen LogP contribution in [0.4, 0.5) is 0 Å². The minimum Gasteiger partial charge on any atom is -0.355 e. The molecule has 0 bridgehead atoms. The third-order valence-corrected chi connectivity index (χ3v) is 2.85. The maximum absolute atomic E-state index is 11.5. The molecule has 1 aromatic heterocycles. The Bertz CT molecular complexity index is 341. The van der Waals surface area contributed by atoms with E-state index in [-0.39, 0.29) is 5.91 Å². The fourth-order valence-electron chi connectivity index (χ4n) is 2.02. The normalized spacial score (nSPS) is 21.3. The summed E-state index contributed by atoms with van der Waals surface area (Å²) < 4.78 is 0. The summed E-state index contributed by atoms with van der Waals surface area (Å²) in [5.74, 6) is 0.317. The van der Waals surface area contributed by atoms with E-state index in [1.165, 1.54) is 0 Å². The van der Waals surface area contributed by atoms with E-state index < -0.39 is 0 Å². The lowest BCUT2D eigenvalue weighted by atomic mass is 9.93. The number of nitrogens with zero attached hydrogens (tertiary/aromatic N) is 1. The number of amides is 1. The van der Waals surface area contributed by atoms with Gasteiger partial charge >= 0.3 is 0 Å². The molecule has 1 unspecified atom stereocenters. The number of rotatable bonds is 2. The van der Waals surface area contributed by atoms with E-state index in [2.05, 4.69) is 20.8 Å². The molecular weight excluding hydrogens is 192 g/mol. The van der Waals surface area contributed by atoms with Gasteiger partial charge in [0.15, 0.2) is 0 Å². The minimum absolute atomic E-state index is 0.0654. The Hall–Kier alpha value is -1.36. The lowest BCUT2D eigenvalue weighted by Crippen LogP contribution is -2.30. The summed E-state index contributed by atoms with van der Waals surface area (Å²) in [5.41, 5.74) is 1.63. The van der Waals surface area contributed by atoms with Crippen molar-refractivity contribution in [3.63, 3.8) is 0 Å². The number of hydrogen-bond donors (Lipinski definition) is 3. The highest BCUT2D eigenvalue weighted by atomic mass is 16.1. The molecule has 0 radical (unpaired) electrons. The second-order valence-corrected chi connectivity index (χ2v) is 3.82. The Morgan fingerprint density at radius 3 is 3.20 bits per heavy atom. The molecule has 2 rings (SSSR count). The molecule has 1 aromatic rings. The molecule has 3 N–H and O–H groups in total. The molecule has 0 saturated carbocycles. The van der Waals surface area contributed by atoms with Crippen LogP contribution in [-0.2, 0) is 0 Å². The summed E-state index contributed by atoms with van der Waals surface area (Å²) in [6, 6.07) is 0. The van der Waals surface area contributed by atoms with Crippen LogP contribution >= 0.6 is 0 Å². The van der Waals surface area contributed by atoms with Crippen molar-refractivity contribution in [2.75, 3.05) is 20.1 Å². The van der Waals surface area contributed by atoms with Gasteiger partial charge in [-0.15, -0.1) is 0 Å². The third-order valence-electron chi connectivity index (χ3n) is 2.85. The summed E-state index contributed by atoms with van der Waals surface area (Å²) >= 11 is 0. The van der Waals surface area contributed by atoms with E-state index >= 15 is 0 Å². The molecule has 0 spiro atoms. The Morgan fingerprint density at radius 2 is 2.53 bits per heavy atom. The van der Waals surface area contributed by atoms with E-state index in [0.29, 0.717) is 11.5 Å². The van der Waals surface area contributed by atoms with Crippen LogP contribution in [0, 0.1) is 0 Å². The van der Waals surface area contributed by atoms with E-state index in [0.717, 1.165) is 31.6 Å². The molecule has 1 fully saturated rings. The van der Waals surface area contributed by atoms with Crippen LogP contribution in [0.2, 0.25) is 0 Å². The predicted molar refractivity (Wildman–Crippen MR) is 56.8 cm³/mol. The molecule has 82 valence electrons. The average Bonchev–Trinajstić information content (AvgIpc) is 2.78. The first-order valence-corrected chi connectivity index (χ1v) is 5.29. The number of aromatic amines is 1. The smallest absolute Gasteiger partial charge is 0.254 e. The average molecular weight is 208 g/mol. The Morgan fingerprint density at radius 1 is 1.67 bits per heavy atom. The highest BCUT2D eigenvalue weighted by Gasteiger charge is 2.22. The third kappa shape index (κ3) is 2.02. The topological polar surface area (TPSA) is 69.8 Å². The maximum atomic E-state index is 11.5. The zero-order valence-corrected chi connectivity index (χ0v) is 8.84. The van der Waals surface area contributed by atoms with Crippen LogP contribution in [0.1, 0.15) is 34.8 Å². The van der Waals surface area contributed by atoms with Gasteiger partial charge in [-0.05, 0) is 19.4 Å². The zero-order chi connectivity index (χ0) is 10.7. The number of H-pyrrole nitrogens is 1. The van der Waals surface area contributed by atoms with Crippen LogP contribution in [0.25, 0.3) is 0 Å².